The second kappa shape index (κ2) is 7.23. The number of rotatable bonds is 4. The van der Waals surface area contributed by atoms with E-state index in [2.05, 4.69) is 46.1 Å². The van der Waals surface area contributed by atoms with Crippen LogP contribution >= 0.6 is 15.9 Å². The van der Waals surface area contributed by atoms with Gasteiger partial charge in [-0.2, -0.15) is 0 Å². The maximum Gasteiger partial charge on any atom is 0.259 e. The molecule has 0 spiro atoms. The van der Waals surface area contributed by atoms with Crippen LogP contribution in [0.3, 0.4) is 0 Å². The Labute approximate surface area is 105 Å². The number of ether oxygens (including phenoxy) is 1. The van der Waals surface area contributed by atoms with Crippen LogP contribution in [0.15, 0.2) is 47.2 Å². The van der Waals surface area contributed by atoms with Gasteiger partial charge in [0.1, 0.15) is 5.76 Å². The molecule has 0 fully saturated rings. The molecule has 2 nitrogen and oxygen atoms in total. The highest BCUT2D eigenvalue weighted by Crippen LogP contribution is 2.12. The van der Waals surface area contributed by atoms with Crippen LogP contribution in [0.1, 0.15) is 18.9 Å². The molecule has 1 aromatic rings. The average molecular weight is 282 g/mol. The largest absolute Gasteiger partial charge is 0.438 e. The van der Waals surface area contributed by atoms with Gasteiger partial charge in [0.2, 0.25) is 0 Å². The van der Waals surface area contributed by atoms with Crippen molar-refractivity contribution in [3.05, 3.63) is 47.7 Å². The van der Waals surface area contributed by atoms with Gasteiger partial charge in [-0.15, -0.1) is 0 Å². The van der Waals surface area contributed by atoms with Crippen molar-refractivity contribution in [3.63, 3.8) is 0 Å². The molecular weight excluding hydrogens is 266 g/mol. The standard InChI is InChI=1S/C13H16BrNO/c1-3-7-12(16-13(14)15-2)10-11-8-5-4-6-9-11/h4-9H,3,10H2,1-2H3/b12-7+,15-13?. The first kappa shape index (κ1) is 13.0. The molecule has 3 heteroatoms. The summed E-state index contributed by atoms with van der Waals surface area (Å²) in [5.74, 6) is 0.922. The van der Waals surface area contributed by atoms with E-state index in [1.165, 1.54) is 5.56 Å². The van der Waals surface area contributed by atoms with Crippen LogP contribution in [0.4, 0.5) is 0 Å². The van der Waals surface area contributed by atoms with E-state index in [1.54, 1.807) is 7.05 Å². The van der Waals surface area contributed by atoms with E-state index in [0.29, 0.717) is 4.81 Å². The monoisotopic (exact) mass is 281 g/mol. The lowest BCUT2D eigenvalue weighted by molar-refractivity contribution is 0.412. The normalized spacial score (nSPS) is 12.7. The Morgan fingerprint density at radius 1 is 1.38 bits per heavy atom. The Hall–Kier alpha value is -1.09. The molecule has 0 aliphatic rings. The molecule has 0 bridgehead atoms. The number of allylic oxidation sites excluding steroid dienone is 2. The highest BCUT2D eigenvalue weighted by Gasteiger charge is 2.02. The number of benzene rings is 1. The van der Waals surface area contributed by atoms with Crippen molar-refractivity contribution >= 4 is 20.7 Å². The van der Waals surface area contributed by atoms with E-state index >= 15 is 0 Å². The van der Waals surface area contributed by atoms with Crippen LogP contribution in [0, 0.1) is 0 Å². The predicted octanol–water partition coefficient (Wildman–Crippen LogP) is 3.92. The van der Waals surface area contributed by atoms with Gasteiger partial charge in [0.05, 0.1) is 0 Å². The topological polar surface area (TPSA) is 21.6 Å². The van der Waals surface area contributed by atoms with Gasteiger partial charge in [0.25, 0.3) is 4.81 Å². The molecule has 86 valence electrons. The summed E-state index contributed by atoms with van der Waals surface area (Å²) in [5.41, 5.74) is 1.23. The Bertz CT molecular complexity index is 371. The molecule has 0 saturated carbocycles. The predicted molar refractivity (Wildman–Crippen MR) is 71.9 cm³/mol. The zero-order valence-electron chi connectivity index (χ0n) is 9.61. The van der Waals surface area contributed by atoms with Crippen molar-refractivity contribution in [3.8, 4) is 0 Å². The molecule has 1 aromatic carbocycles. The van der Waals surface area contributed by atoms with Crippen molar-refractivity contribution in [2.75, 3.05) is 7.05 Å². The fourth-order valence-corrected chi connectivity index (χ4v) is 1.54. The first-order chi connectivity index (χ1) is 7.76. The minimum absolute atomic E-state index is 0.517. The Balaban J connectivity index is 2.70. The van der Waals surface area contributed by atoms with Gasteiger partial charge in [0, 0.05) is 29.4 Å². The summed E-state index contributed by atoms with van der Waals surface area (Å²) in [7, 11) is 1.69. The molecule has 0 radical (unpaired) electrons. The molecule has 0 aliphatic heterocycles. The zero-order valence-corrected chi connectivity index (χ0v) is 11.2. The van der Waals surface area contributed by atoms with Crippen LogP contribution in [0.2, 0.25) is 0 Å². The summed E-state index contributed by atoms with van der Waals surface area (Å²) >= 11 is 3.25. The van der Waals surface area contributed by atoms with E-state index in [-0.39, 0.29) is 0 Å². The lowest BCUT2D eigenvalue weighted by Crippen LogP contribution is -2.00. The van der Waals surface area contributed by atoms with Gasteiger partial charge in [-0.05, 0) is 18.1 Å². The van der Waals surface area contributed by atoms with Gasteiger partial charge >= 0.3 is 0 Å². The number of nitrogens with zero attached hydrogens (tertiary/aromatic N) is 1. The summed E-state index contributed by atoms with van der Waals surface area (Å²) in [6, 6.07) is 10.2. The van der Waals surface area contributed by atoms with E-state index in [4.69, 9.17) is 4.74 Å². The highest BCUT2D eigenvalue weighted by molar-refractivity contribution is 9.18. The number of hydrogen-bond donors (Lipinski definition) is 0. The second-order valence-electron chi connectivity index (χ2n) is 3.32. The van der Waals surface area contributed by atoms with Gasteiger partial charge in [-0.3, -0.25) is 0 Å². The molecule has 0 amide bonds. The smallest absolute Gasteiger partial charge is 0.259 e. The summed E-state index contributed by atoms with van der Waals surface area (Å²) < 4.78 is 5.57. The molecule has 0 aliphatic carbocycles. The minimum Gasteiger partial charge on any atom is -0.438 e. The molecule has 0 saturated heterocycles. The van der Waals surface area contributed by atoms with Crippen LogP contribution < -0.4 is 0 Å². The van der Waals surface area contributed by atoms with E-state index in [9.17, 15) is 0 Å². The van der Waals surface area contributed by atoms with Crippen molar-refractivity contribution in [2.24, 2.45) is 4.99 Å². The molecule has 0 N–H and O–H groups in total. The number of halogens is 1. The minimum atomic E-state index is 0.517. The molecule has 0 unspecified atom stereocenters. The van der Waals surface area contributed by atoms with Crippen molar-refractivity contribution in [1.29, 1.82) is 0 Å². The third-order valence-corrected chi connectivity index (χ3v) is 2.56. The lowest BCUT2D eigenvalue weighted by atomic mass is 10.1. The molecule has 0 atom stereocenters. The number of aliphatic imine (C=N–C) groups is 1. The van der Waals surface area contributed by atoms with Gasteiger partial charge in [-0.25, -0.2) is 4.99 Å². The Morgan fingerprint density at radius 2 is 2.06 bits per heavy atom. The van der Waals surface area contributed by atoms with E-state index in [0.717, 1.165) is 18.6 Å². The maximum absolute atomic E-state index is 5.57. The van der Waals surface area contributed by atoms with Crippen LogP contribution in [0.5, 0.6) is 0 Å². The Kier molecular flexibility index (Phi) is 5.86. The third kappa shape index (κ3) is 4.62. The quantitative estimate of drug-likeness (QED) is 0.466. The Morgan fingerprint density at radius 3 is 2.62 bits per heavy atom. The molecule has 16 heavy (non-hydrogen) atoms. The van der Waals surface area contributed by atoms with Crippen molar-refractivity contribution in [2.45, 2.75) is 19.8 Å². The van der Waals surface area contributed by atoms with E-state index < -0.39 is 0 Å². The maximum atomic E-state index is 5.57. The van der Waals surface area contributed by atoms with Crippen LogP contribution in [-0.4, -0.2) is 11.9 Å². The first-order valence-electron chi connectivity index (χ1n) is 5.29. The molecule has 0 aromatic heterocycles. The zero-order chi connectivity index (χ0) is 11.8. The molecule has 1 rings (SSSR count). The van der Waals surface area contributed by atoms with Gasteiger partial charge < -0.3 is 4.74 Å². The lowest BCUT2D eigenvalue weighted by Gasteiger charge is -2.08. The SMILES string of the molecule is CC/C=C(\Cc1ccccc1)OC(Br)=NC. The number of hydrogen-bond acceptors (Lipinski definition) is 2. The fraction of sp³-hybridized carbons (Fsp3) is 0.308. The summed E-state index contributed by atoms with van der Waals surface area (Å²) in [4.78, 5) is 4.44. The fourth-order valence-electron chi connectivity index (χ4n) is 1.33. The highest BCUT2D eigenvalue weighted by atomic mass is 79.9. The summed E-state index contributed by atoms with van der Waals surface area (Å²) in [6.07, 6.45) is 3.81. The summed E-state index contributed by atoms with van der Waals surface area (Å²) in [6.45, 7) is 2.09. The third-order valence-electron chi connectivity index (χ3n) is 2.04. The van der Waals surface area contributed by atoms with Crippen molar-refractivity contribution in [1.82, 2.24) is 0 Å². The van der Waals surface area contributed by atoms with Crippen LogP contribution in [-0.2, 0) is 11.2 Å². The average Bonchev–Trinajstić information content (AvgIpc) is 2.30. The van der Waals surface area contributed by atoms with Gasteiger partial charge in [-0.1, -0.05) is 37.3 Å². The summed E-state index contributed by atoms with van der Waals surface area (Å²) in [5, 5.41) is 0. The van der Waals surface area contributed by atoms with Crippen LogP contribution in [0.25, 0.3) is 0 Å². The second-order valence-corrected chi connectivity index (χ2v) is 4.00. The first-order valence-corrected chi connectivity index (χ1v) is 6.08. The van der Waals surface area contributed by atoms with Gasteiger partial charge in [0.15, 0.2) is 0 Å². The van der Waals surface area contributed by atoms with E-state index in [1.807, 2.05) is 18.2 Å². The van der Waals surface area contributed by atoms with Crippen molar-refractivity contribution < 1.29 is 4.74 Å². The molecule has 0 heterocycles. The molecular formula is C13H16BrNO.